The molecule has 0 aliphatic carbocycles. The van der Waals surface area contributed by atoms with E-state index in [9.17, 15) is 4.79 Å². The molecule has 0 heterocycles. The lowest BCUT2D eigenvalue weighted by Gasteiger charge is -2.23. The maximum absolute atomic E-state index is 10.6. The summed E-state index contributed by atoms with van der Waals surface area (Å²) in [4.78, 5) is 12.6. The first-order chi connectivity index (χ1) is 7.93. The molecule has 1 atom stereocenters. The highest BCUT2D eigenvalue weighted by Gasteiger charge is 2.15. The number of benzene rings is 1. The number of carboxylic acid groups (broad SMARTS) is 1. The zero-order valence-corrected chi connectivity index (χ0v) is 10.6. The lowest BCUT2D eigenvalue weighted by Crippen LogP contribution is -2.19. The molecular formula is C13H20N2O2. The van der Waals surface area contributed by atoms with Crippen molar-refractivity contribution >= 4 is 11.7 Å². The normalized spacial score (nSPS) is 12.2. The minimum absolute atomic E-state index is 0.0996. The summed E-state index contributed by atoms with van der Waals surface area (Å²) in [5.41, 5.74) is 9.30. The minimum atomic E-state index is -0.805. The maximum Gasteiger partial charge on any atom is 0.303 e. The van der Waals surface area contributed by atoms with Crippen LogP contribution < -0.4 is 10.6 Å². The van der Waals surface area contributed by atoms with Crippen LogP contribution in [-0.4, -0.2) is 25.2 Å². The van der Waals surface area contributed by atoms with Crippen molar-refractivity contribution in [2.24, 2.45) is 5.73 Å². The molecule has 4 heteroatoms. The molecule has 0 aromatic heterocycles. The van der Waals surface area contributed by atoms with Crippen LogP contribution >= 0.6 is 0 Å². The van der Waals surface area contributed by atoms with Crippen molar-refractivity contribution < 1.29 is 9.90 Å². The van der Waals surface area contributed by atoms with Crippen LogP contribution in [0.4, 0.5) is 5.69 Å². The van der Waals surface area contributed by atoms with Gasteiger partial charge in [0.05, 0.1) is 0 Å². The average Bonchev–Trinajstić information content (AvgIpc) is 2.25. The number of aliphatic carboxylic acids is 1. The standard InChI is InChI=1S/C13H20N2O2/c1-9-5-4-6-11(15(2)3)13(9)10(14)7-8-12(16)17/h4-6,10H,7-8,14H2,1-3H3,(H,16,17). The summed E-state index contributed by atoms with van der Waals surface area (Å²) in [6.07, 6.45) is 0.559. The summed E-state index contributed by atoms with van der Waals surface area (Å²) in [6, 6.07) is 5.76. The van der Waals surface area contributed by atoms with Gasteiger partial charge < -0.3 is 15.7 Å². The molecule has 3 N–H and O–H groups in total. The molecule has 1 aromatic carbocycles. The molecule has 17 heavy (non-hydrogen) atoms. The van der Waals surface area contributed by atoms with Crippen molar-refractivity contribution in [3.63, 3.8) is 0 Å². The van der Waals surface area contributed by atoms with Gasteiger partial charge in [-0.3, -0.25) is 4.79 Å². The number of nitrogens with zero attached hydrogens (tertiary/aromatic N) is 1. The molecular weight excluding hydrogens is 216 g/mol. The highest BCUT2D eigenvalue weighted by atomic mass is 16.4. The molecule has 0 bridgehead atoms. The van der Waals surface area contributed by atoms with Gasteiger partial charge in [0.25, 0.3) is 0 Å². The third kappa shape index (κ3) is 3.46. The van der Waals surface area contributed by atoms with E-state index in [2.05, 4.69) is 0 Å². The number of hydrogen-bond acceptors (Lipinski definition) is 3. The van der Waals surface area contributed by atoms with Crippen molar-refractivity contribution in [3.05, 3.63) is 29.3 Å². The summed E-state index contributed by atoms with van der Waals surface area (Å²) in [7, 11) is 3.92. The molecule has 1 aromatic rings. The van der Waals surface area contributed by atoms with E-state index in [1.807, 2.05) is 44.1 Å². The Bertz CT molecular complexity index is 402. The molecule has 0 radical (unpaired) electrons. The largest absolute Gasteiger partial charge is 0.481 e. The number of aryl methyl sites for hydroxylation is 1. The lowest BCUT2D eigenvalue weighted by atomic mass is 9.96. The molecule has 1 unspecified atom stereocenters. The van der Waals surface area contributed by atoms with E-state index in [1.165, 1.54) is 0 Å². The number of carbonyl (C=O) groups is 1. The minimum Gasteiger partial charge on any atom is -0.481 e. The Morgan fingerprint density at radius 3 is 2.65 bits per heavy atom. The monoisotopic (exact) mass is 236 g/mol. The predicted octanol–water partition coefficient (Wildman–Crippen LogP) is 1.93. The average molecular weight is 236 g/mol. The maximum atomic E-state index is 10.6. The van der Waals surface area contributed by atoms with E-state index in [-0.39, 0.29) is 12.5 Å². The van der Waals surface area contributed by atoms with Gasteiger partial charge in [0.15, 0.2) is 0 Å². The van der Waals surface area contributed by atoms with Gasteiger partial charge in [-0.2, -0.15) is 0 Å². The first-order valence-electron chi connectivity index (χ1n) is 5.67. The second-order valence-electron chi connectivity index (χ2n) is 4.44. The van der Waals surface area contributed by atoms with Gasteiger partial charge in [0.2, 0.25) is 0 Å². The first kappa shape index (κ1) is 13.5. The Hall–Kier alpha value is -1.55. The Morgan fingerprint density at radius 1 is 1.47 bits per heavy atom. The van der Waals surface area contributed by atoms with Crippen molar-refractivity contribution in [3.8, 4) is 0 Å². The fourth-order valence-corrected chi connectivity index (χ4v) is 1.96. The molecule has 0 saturated carbocycles. The van der Waals surface area contributed by atoms with Gasteiger partial charge in [-0.1, -0.05) is 12.1 Å². The fourth-order valence-electron chi connectivity index (χ4n) is 1.96. The van der Waals surface area contributed by atoms with E-state index in [4.69, 9.17) is 10.8 Å². The van der Waals surface area contributed by atoms with Crippen LogP contribution in [0, 0.1) is 6.92 Å². The molecule has 94 valence electrons. The van der Waals surface area contributed by atoms with Gasteiger partial charge in [-0.15, -0.1) is 0 Å². The zero-order valence-electron chi connectivity index (χ0n) is 10.6. The predicted molar refractivity (Wildman–Crippen MR) is 69.3 cm³/mol. The van der Waals surface area contributed by atoms with E-state index in [0.29, 0.717) is 6.42 Å². The smallest absolute Gasteiger partial charge is 0.303 e. The quantitative estimate of drug-likeness (QED) is 0.819. The highest BCUT2D eigenvalue weighted by molar-refractivity contribution is 5.67. The van der Waals surface area contributed by atoms with E-state index in [1.54, 1.807) is 0 Å². The number of nitrogens with two attached hydrogens (primary N) is 1. The molecule has 0 spiro atoms. The molecule has 0 amide bonds. The number of carboxylic acids is 1. The first-order valence-corrected chi connectivity index (χ1v) is 5.67. The summed E-state index contributed by atoms with van der Waals surface area (Å²) in [5.74, 6) is -0.805. The van der Waals surface area contributed by atoms with Gasteiger partial charge >= 0.3 is 5.97 Å². The van der Waals surface area contributed by atoms with Crippen molar-refractivity contribution in [2.75, 3.05) is 19.0 Å². The zero-order chi connectivity index (χ0) is 13.0. The van der Waals surface area contributed by atoms with Gasteiger partial charge in [0.1, 0.15) is 0 Å². The molecule has 0 aliphatic heterocycles. The molecule has 4 nitrogen and oxygen atoms in total. The molecule has 1 rings (SSSR count). The van der Waals surface area contributed by atoms with Crippen LogP contribution in [0.1, 0.15) is 30.0 Å². The topological polar surface area (TPSA) is 66.6 Å². The van der Waals surface area contributed by atoms with Crippen LogP contribution in [0.25, 0.3) is 0 Å². The van der Waals surface area contributed by atoms with Crippen LogP contribution in [0.5, 0.6) is 0 Å². The third-order valence-electron chi connectivity index (χ3n) is 2.82. The summed E-state index contributed by atoms with van der Waals surface area (Å²) in [5, 5.41) is 8.69. The van der Waals surface area contributed by atoms with Gasteiger partial charge in [-0.05, 0) is 30.5 Å². The Labute approximate surface area is 102 Å². The van der Waals surface area contributed by atoms with Crippen LogP contribution in [0.3, 0.4) is 0 Å². The SMILES string of the molecule is Cc1cccc(N(C)C)c1C(N)CCC(=O)O. The second kappa shape index (κ2) is 5.68. The van der Waals surface area contributed by atoms with Crippen LogP contribution in [0.15, 0.2) is 18.2 Å². The lowest BCUT2D eigenvalue weighted by molar-refractivity contribution is -0.137. The molecule has 0 aliphatic rings. The summed E-state index contributed by atoms with van der Waals surface area (Å²) in [6.45, 7) is 2.00. The van der Waals surface area contributed by atoms with Gasteiger partial charge in [-0.25, -0.2) is 0 Å². The van der Waals surface area contributed by atoms with Crippen molar-refractivity contribution in [1.29, 1.82) is 0 Å². The van der Waals surface area contributed by atoms with E-state index >= 15 is 0 Å². The Kier molecular flexibility index (Phi) is 4.52. The van der Waals surface area contributed by atoms with Gasteiger partial charge in [0, 0.05) is 32.2 Å². The van der Waals surface area contributed by atoms with Crippen LogP contribution in [-0.2, 0) is 4.79 Å². The Morgan fingerprint density at radius 2 is 2.12 bits per heavy atom. The van der Waals surface area contributed by atoms with Crippen LogP contribution in [0.2, 0.25) is 0 Å². The number of rotatable bonds is 5. The highest BCUT2D eigenvalue weighted by Crippen LogP contribution is 2.29. The number of hydrogen-bond donors (Lipinski definition) is 2. The van der Waals surface area contributed by atoms with E-state index in [0.717, 1.165) is 16.8 Å². The van der Waals surface area contributed by atoms with Crippen molar-refractivity contribution in [2.45, 2.75) is 25.8 Å². The third-order valence-corrected chi connectivity index (χ3v) is 2.82. The Balaban J connectivity index is 2.98. The van der Waals surface area contributed by atoms with Crippen molar-refractivity contribution in [1.82, 2.24) is 0 Å². The second-order valence-corrected chi connectivity index (χ2v) is 4.44. The van der Waals surface area contributed by atoms with E-state index < -0.39 is 5.97 Å². The molecule has 0 saturated heterocycles. The fraction of sp³-hybridized carbons (Fsp3) is 0.462. The number of anilines is 1. The summed E-state index contributed by atoms with van der Waals surface area (Å²) < 4.78 is 0. The summed E-state index contributed by atoms with van der Waals surface area (Å²) >= 11 is 0. The molecule has 0 fully saturated rings.